The van der Waals surface area contributed by atoms with Gasteiger partial charge in [-0.2, -0.15) is 5.10 Å². The zero-order valence-corrected chi connectivity index (χ0v) is 12.5. The maximum Gasteiger partial charge on any atom is 0.142 e. The quantitative estimate of drug-likeness (QED) is 0.872. The molecule has 4 nitrogen and oxygen atoms in total. The molecular formula is C12H20BrN3O. The molecular weight excluding hydrogens is 282 g/mol. The van der Waals surface area contributed by atoms with Gasteiger partial charge in [-0.05, 0) is 29.4 Å². The van der Waals surface area contributed by atoms with E-state index in [9.17, 15) is 4.79 Å². The van der Waals surface area contributed by atoms with Crippen molar-refractivity contribution in [2.45, 2.75) is 27.2 Å². The van der Waals surface area contributed by atoms with Crippen molar-refractivity contribution >= 4 is 21.7 Å². The van der Waals surface area contributed by atoms with Crippen molar-refractivity contribution in [1.29, 1.82) is 0 Å². The molecule has 0 saturated carbocycles. The highest BCUT2D eigenvalue weighted by Crippen LogP contribution is 2.21. The van der Waals surface area contributed by atoms with E-state index in [-0.39, 0.29) is 11.7 Å². The van der Waals surface area contributed by atoms with Gasteiger partial charge in [-0.3, -0.25) is 9.48 Å². The Labute approximate surface area is 111 Å². The maximum atomic E-state index is 12.0. The summed E-state index contributed by atoms with van der Waals surface area (Å²) in [6, 6.07) is 0. The van der Waals surface area contributed by atoms with Gasteiger partial charge in [0.25, 0.3) is 0 Å². The van der Waals surface area contributed by atoms with Gasteiger partial charge in [0.05, 0.1) is 15.9 Å². The molecule has 0 aromatic carbocycles. The highest BCUT2D eigenvalue weighted by atomic mass is 79.9. The van der Waals surface area contributed by atoms with Crippen molar-refractivity contribution < 1.29 is 4.79 Å². The van der Waals surface area contributed by atoms with Gasteiger partial charge in [-0.1, -0.05) is 13.8 Å². The molecule has 0 spiro atoms. The van der Waals surface area contributed by atoms with Crippen molar-refractivity contribution in [2.24, 2.45) is 13.0 Å². The van der Waals surface area contributed by atoms with Crippen LogP contribution in [-0.4, -0.2) is 28.7 Å². The lowest BCUT2D eigenvalue weighted by atomic mass is 10.0. The standard InChI is InChI=1S/C12H20BrN3O/c1-5-14-7-8(2)11(17)6-10-12(13)9(3)15-16(10)4/h8,14H,5-7H2,1-4H3. The van der Waals surface area contributed by atoms with E-state index in [0.29, 0.717) is 6.42 Å². The van der Waals surface area contributed by atoms with Crippen LogP contribution < -0.4 is 5.32 Å². The molecule has 1 rings (SSSR count). The number of rotatable bonds is 6. The minimum absolute atomic E-state index is 0.0389. The van der Waals surface area contributed by atoms with Gasteiger partial charge in [0.15, 0.2) is 0 Å². The topological polar surface area (TPSA) is 46.9 Å². The molecule has 0 fully saturated rings. The molecule has 1 aromatic rings. The van der Waals surface area contributed by atoms with Crippen LogP contribution in [0.1, 0.15) is 25.2 Å². The maximum absolute atomic E-state index is 12.0. The minimum atomic E-state index is 0.0389. The number of Topliss-reactive ketones (excluding diaryl/α,β-unsaturated/α-hetero) is 1. The number of carbonyl (C=O) groups excluding carboxylic acids is 1. The highest BCUT2D eigenvalue weighted by molar-refractivity contribution is 9.10. The van der Waals surface area contributed by atoms with Gasteiger partial charge < -0.3 is 5.32 Å². The zero-order chi connectivity index (χ0) is 13.0. The summed E-state index contributed by atoms with van der Waals surface area (Å²) >= 11 is 3.48. The second-order valence-electron chi connectivity index (χ2n) is 4.32. The van der Waals surface area contributed by atoms with Crippen molar-refractivity contribution in [2.75, 3.05) is 13.1 Å². The third-order valence-electron chi connectivity index (χ3n) is 2.85. The number of nitrogens with one attached hydrogen (secondary N) is 1. The molecule has 1 atom stereocenters. The smallest absolute Gasteiger partial charge is 0.142 e. The molecule has 17 heavy (non-hydrogen) atoms. The molecule has 1 N–H and O–H groups in total. The van der Waals surface area contributed by atoms with Crippen LogP contribution in [0.25, 0.3) is 0 Å². The summed E-state index contributed by atoms with van der Waals surface area (Å²) in [6.45, 7) is 7.57. The Morgan fingerprint density at radius 3 is 2.71 bits per heavy atom. The monoisotopic (exact) mass is 301 g/mol. The Morgan fingerprint density at radius 2 is 2.24 bits per heavy atom. The number of aromatic nitrogens is 2. The van der Waals surface area contributed by atoms with E-state index in [2.05, 4.69) is 26.3 Å². The van der Waals surface area contributed by atoms with Crippen LogP contribution in [0.4, 0.5) is 0 Å². The molecule has 0 saturated heterocycles. The fourth-order valence-electron chi connectivity index (χ4n) is 1.69. The summed E-state index contributed by atoms with van der Waals surface area (Å²) in [4.78, 5) is 12.0. The van der Waals surface area contributed by atoms with Gasteiger partial charge in [0.1, 0.15) is 5.78 Å². The first kappa shape index (κ1) is 14.4. The van der Waals surface area contributed by atoms with Crippen LogP contribution in [0.2, 0.25) is 0 Å². The molecule has 0 amide bonds. The molecule has 5 heteroatoms. The minimum Gasteiger partial charge on any atom is -0.316 e. The number of nitrogens with zero attached hydrogens (tertiary/aromatic N) is 2. The first-order valence-corrected chi connectivity index (χ1v) is 6.68. The van der Waals surface area contributed by atoms with Gasteiger partial charge >= 0.3 is 0 Å². The van der Waals surface area contributed by atoms with E-state index < -0.39 is 0 Å². The lowest BCUT2D eigenvalue weighted by Gasteiger charge is -2.11. The summed E-state index contributed by atoms with van der Waals surface area (Å²) in [5, 5.41) is 7.48. The fraction of sp³-hybridized carbons (Fsp3) is 0.667. The van der Waals surface area contributed by atoms with E-state index in [1.54, 1.807) is 4.68 Å². The van der Waals surface area contributed by atoms with Gasteiger partial charge in [-0.25, -0.2) is 0 Å². The third kappa shape index (κ3) is 3.64. The van der Waals surface area contributed by atoms with Crippen LogP contribution in [-0.2, 0) is 18.3 Å². The first-order chi connectivity index (χ1) is 7.97. The SMILES string of the molecule is CCNCC(C)C(=O)Cc1c(Br)c(C)nn1C. The number of hydrogen-bond donors (Lipinski definition) is 1. The van der Waals surface area contributed by atoms with Crippen molar-refractivity contribution in [1.82, 2.24) is 15.1 Å². The molecule has 96 valence electrons. The number of ketones is 1. The Bertz CT molecular complexity index is 401. The fourth-order valence-corrected chi connectivity index (χ4v) is 2.16. The Hall–Kier alpha value is -0.680. The second-order valence-corrected chi connectivity index (χ2v) is 5.11. The molecule has 0 bridgehead atoms. The predicted molar refractivity (Wildman–Crippen MR) is 72.1 cm³/mol. The number of aryl methyl sites for hydroxylation is 2. The summed E-state index contributed by atoms with van der Waals surface area (Å²) in [6.07, 6.45) is 0.435. The predicted octanol–water partition coefficient (Wildman–Crippen LogP) is 1.85. The van der Waals surface area contributed by atoms with Gasteiger partial charge in [0, 0.05) is 25.9 Å². The molecule has 1 heterocycles. The Morgan fingerprint density at radius 1 is 1.59 bits per heavy atom. The Balaban J connectivity index is 2.67. The zero-order valence-electron chi connectivity index (χ0n) is 10.9. The first-order valence-electron chi connectivity index (χ1n) is 5.88. The van der Waals surface area contributed by atoms with Crippen LogP contribution in [0.15, 0.2) is 4.47 Å². The van der Waals surface area contributed by atoms with Crippen molar-refractivity contribution in [3.8, 4) is 0 Å². The highest BCUT2D eigenvalue weighted by Gasteiger charge is 2.18. The van der Waals surface area contributed by atoms with Gasteiger partial charge in [-0.15, -0.1) is 0 Å². The largest absolute Gasteiger partial charge is 0.316 e. The average Bonchev–Trinajstić information content (AvgIpc) is 2.52. The van der Waals surface area contributed by atoms with E-state index >= 15 is 0 Å². The molecule has 0 aliphatic rings. The molecule has 0 radical (unpaired) electrons. The van der Waals surface area contributed by atoms with Gasteiger partial charge in [0.2, 0.25) is 0 Å². The summed E-state index contributed by atoms with van der Waals surface area (Å²) in [5.74, 6) is 0.284. The molecule has 0 aliphatic carbocycles. The van der Waals surface area contributed by atoms with E-state index in [4.69, 9.17) is 0 Å². The molecule has 0 aliphatic heterocycles. The van der Waals surface area contributed by atoms with Crippen LogP contribution >= 0.6 is 15.9 Å². The van der Waals surface area contributed by atoms with Crippen LogP contribution in [0.3, 0.4) is 0 Å². The number of hydrogen-bond acceptors (Lipinski definition) is 3. The Kier molecular flexibility index (Phi) is 5.33. The lowest BCUT2D eigenvalue weighted by Crippen LogP contribution is -2.27. The van der Waals surface area contributed by atoms with Crippen molar-refractivity contribution in [3.05, 3.63) is 15.9 Å². The molecule has 1 aromatic heterocycles. The molecule has 1 unspecified atom stereocenters. The average molecular weight is 302 g/mol. The van der Waals surface area contributed by atoms with Crippen LogP contribution in [0.5, 0.6) is 0 Å². The normalized spacial score (nSPS) is 12.8. The second kappa shape index (κ2) is 6.31. The third-order valence-corrected chi connectivity index (χ3v) is 3.88. The summed E-state index contributed by atoms with van der Waals surface area (Å²) in [5.41, 5.74) is 1.88. The summed E-state index contributed by atoms with van der Waals surface area (Å²) < 4.78 is 2.72. The van der Waals surface area contributed by atoms with E-state index in [0.717, 1.165) is 29.0 Å². The van der Waals surface area contributed by atoms with Crippen molar-refractivity contribution in [3.63, 3.8) is 0 Å². The van der Waals surface area contributed by atoms with E-state index in [1.807, 2.05) is 27.8 Å². The van der Waals surface area contributed by atoms with E-state index in [1.165, 1.54) is 0 Å². The number of halogens is 1. The summed E-state index contributed by atoms with van der Waals surface area (Å²) in [7, 11) is 1.87. The lowest BCUT2D eigenvalue weighted by molar-refractivity contribution is -0.121. The van der Waals surface area contributed by atoms with Crippen LogP contribution in [0, 0.1) is 12.8 Å². The number of carbonyl (C=O) groups is 1.